The highest BCUT2D eigenvalue weighted by molar-refractivity contribution is 4.77. The van der Waals surface area contributed by atoms with Crippen molar-refractivity contribution in [3.8, 4) is 0 Å². The Morgan fingerprint density at radius 2 is 1.64 bits per heavy atom. The van der Waals surface area contributed by atoms with Crippen LogP contribution in [0.1, 0.15) is 13.8 Å². The van der Waals surface area contributed by atoms with E-state index in [0.717, 1.165) is 26.2 Å². The molecule has 1 rings (SSSR count). The molecule has 1 fully saturated rings. The summed E-state index contributed by atoms with van der Waals surface area (Å²) >= 11 is 0. The summed E-state index contributed by atoms with van der Waals surface area (Å²) in [6.45, 7) is 8.34. The maximum atomic E-state index is 12.1. The van der Waals surface area contributed by atoms with Gasteiger partial charge in [0.25, 0.3) is 0 Å². The van der Waals surface area contributed by atoms with Gasteiger partial charge in [0.05, 0.1) is 5.60 Å². The van der Waals surface area contributed by atoms with Gasteiger partial charge in [0.15, 0.2) is 0 Å². The number of aliphatic hydroxyl groups is 1. The highest BCUT2D eigenvalue weighted by Crippen LogP contribution is 2.08. The van der Waals surface area contributed by atoms with Crippen molar-refractivity contribution in [2.24, 2.45) is 0 Å². The Morgan fingerprint density at radius 3 is 2.07 bits per heavy atom. The van der Waals surface area contributed by atoms with Crippen LogP contribution in [0.15, 0.2) is 0 Å². The maximum Gasteiger partial charge on any atom is 0.102 e. The van der Waals surface area contributed by atoms with Crippen LogP contribution in [0.25, 0.3) is 0 Å². The fourth-order valence-corrected chi connectivity index (χ4v) is 1.84. The molecule has 1 N–H and O–H groups in total. The summed E-state index contributed by atoms with van der Waals surface area (Å²) in [5.74, 6) is 0. The molecule has 0 atom stereocenters. The number of piperazine rings is 1. The van der Waals surface area contributed by atoms with Gasteiger partial charge in [0.2, 0.25) is 0 Å². The first kappa shape index (κ1) is 11.9. The molecule has 3 nitrogen and oxygen atoms in total. The summed E-state index contributed by atoms with van der Waals surface area (Å²) in [7, 11) is 0. The van der Waals surface area contributed by atoms with Gasteiger partial charge in [-0.1, -0.05) is 0 Å². The van der Waals surface area contributed by atoms with Crippen LogP contribution in [-0.4, -0.2) is 66.5 Å². The number of β-amino-alcohol motifs (C(OH)–C–C–N with tert-alkyl or cyclic N) is 1. The van der Waals surface area contributed by atoms with Crippen molar-refractivity contribution in [1.82, 2.24) is 9.80 Å². The lowest BCUT2D eigenvalue weighted by Gasteiger charge is -2.36. The van der Waals surface area contributed by atoms with E-state index < -0.39 is 5.60 Å². The smallest absolute Gasteiger partial charge is 0.102 e. The lowest BCUT2D eigenvalue weighted by molar-refractivity contribution is 0.0171. The molecule has 0 unspecified atom stereocenters. The van der Waals surface area contributed by atoms with Crippen molar-refractivity contribution in [2.45, 2.75) is 19.4 Å². The number of halogens is 1. The lowest BCUT2D eigenvalue weighted by atomic mass is 10.1. The average Bonchev–Trinajstić information content (AvgIpc) is 2.06. The highest BCUT2D eigenvalue weighted by atomic mass is 19.1. The van der Waals surface area contributed by atoms with E-state index in [0.29, 0.717) is 13.1 Å². The minimum atomic E-state index is -0.623. The lowest BCUT2D eigenvalue weighted by Crippen LogP contribution is -2.50. The Hall–Kier alpha value is -0.190. The molecule has 4 heteroatoms. The second kappa shape index (κ2) is 5.05. The van der Waals surface area contributed by atoms with Crippen molar-refractivity contribution >= 4 is 0 Å². The normalized spacial score (nSPS) is 21.4. The first-order chi connectivity index (χ1) is 6.51. The minimum Gasteiger partial charge on any atom is -0.389 e. The van der Waals surface area contributed by atoms with Crippen LogP contribution in [0.3, 0.4) is 0 Å². The Kier molecular flexibility index (Phi) is 4.29. The molecule has 0 bridgehead atoms. The first-order valence-electron chi connectivity index (χ1n) is 5.24. The molecular formula is C10H21FN2O. The molecule has 0 radical (unpaired) electrons. The fourth-order valence-electron chi connectivity index (χ4n) is 1.84. The van der Waals surface area contributed by atoms with E-state index in [-0.39, 0.29) is 6.67 Å². The molecule has 1 heterocycles. The zero-order valence-electron chi connectivity index (χ0n) is 9.17. The van der Waals surface area contributed by atoms with Gasteiger partial charge in [-0.3, -0.25) is 9.80 Å². The van der Waals surface area contributed by atoms with Gasteiger partial charge in [-0.05, 0) is 13.8 Å². The third kappa shape index (κ3) is 4.35. The van der Waals surface area contributed by atoms with E-state index in [4.69, 9.17) is 0 Å². The molecule has 1 saturated heterocycles. The average molecular weight is 204 g/mol. The topological polar surface area (TPSA) is 26.7 Å². The van der Waals surface area contributed by atoms with Crippen LogP contribution in [0.2, 0.25) is 0 Å². The molecule has 0 aliphatic carbocycles. The van der Waals surface area contributed by atoms with Crippen LogP contribution < -0.4 is 0 Å². The van der Waals surface area contributed by atoms with E-state index in [1.54, 1.807) is 0 Å². The first-order valence-corrected chi connectivity index (χ1v) is 5.24. The van der Waals surface area contributed by atoms with Crippen LogP contribution in [0.5, 0.6) is 0 Å². The van der Waals surface area contributed by atoms with Crippen molar-refractivity contribution in [1.29, 1.82) is 0 Å². The second-order valence-electron chi connectivity index (χ2n) is 4.62. The van der Waals surface area contributed by atoms with E-state index in [1.807, 2.05) is 13.8 Å². The molecule has 84 valence electrons. The summed E-state index contributed by atoms with van der Waals surface area (Å²) in [6.07, 6.45) is 0. The van der Waals surface area contributed by atoms with Gasteiger partial charge in [0.1, 0.15) is 6.67 Å². The summed E-state index contributed by atoms with van der Waals surface area (Å²) < 4.78 is 12.1. The predicted molar refractivity (Wildman–Crippen MR) is 55.2 cm³/mol. The number of nitrogens with zero attached hydrogens (tertiary/aromatic N) is 2. The van der Waals surface area contributed by atoms with Crippen molar-refractivity contribution < 1.29 is 9.50 Å². The summed E-state index contributed by atoms with van der Waals surface area (Å²) in [6, 6.07) is 0. The van der Waals surface area contributed by atoms with Gasteiger partial charge in [-0.25, -0.2) is 4.39 Å². The molecule has 0 aromatic carbocycles. The quantitative estimate of drug-likeness (QED) is 0.715. The summed E-state index contributed by atoms with van der Waals surface area (Å²) in [4.78, 5) is 4.36. The Balaban J connectivity index is 2.22. The van der Waals surface area contributed by atoms with Gasteiger partial charge in [0, 0.05) is 39.3 Å². The van der Waals surface area contributed by atoms with Gasteiger partial charge in [-0.2, -0.15) is 0 Å². The molecule has 0 aromatic rings. The van der Waals surface area contributed by atoms with Crippen LogP contribution in [0, 0.1) is 0 Å². The van der Waals surface area contributed by atoms with E-state index in [1.165, 1.54) is 0 Å². The largest absolute Gasteiger partial charge is 0.389 e. The van der Waals surface area contributed by atoms with Crippen LogP contribution >= 0.6 is 0 Å². The molecule has 1 aliphatic rings. The SMILES string of the molecule is CC(C)(O)CN1CCN(CCF)CC1. The monoisotopic (exact) mass is 204 g/mol. The third-order valence-corrected chi connectivity index (χ3v) is 2.48. The molecule has 0 saturated carbocycles. The standard InChI is InChI=1S/C10H21FN2O/c1-10(2,14)9-13-7-5-12(4-3-11)6-8-13/h14H,3-9H2,1-2H3. The third-order valence-electron chi connectivity index (χ3n) is 2.48. The van der Waals surface area contributed by atoms with Crippen molar-refractivity contribution in [3.05, 3.63) is 0 Å². The Morgan fingerprint density at radius 1 is 1.14 bits per heavy atom. The van der Waals surface area contributed by atoms with Gasteiger partial charge >= 0.3 is 0 Å². The fraction of sp³-hybridized carbons (Fsp3) is 1.00. The second-order valence-corrected chi connectivity index (χ2v) is 4.62. The molecule has 0 spiro atoms. The molecule has 1 aliphatic heterocycles. The Bertz CT molecular complexity index is 162. The number of alkyl halides is 1. The van der Waals surface area contributed by atoms with Crippen molar-refractivity contribution in [3.63, 3.8) is 0 Å². The highest BCUT2D eigenvalue weighted by Gasteiger charge is 2.22. The van der Waals surface area contributed by atoms with Crippen LogP contribution in [0.4, 0.5) is 4.39 Å². The zero-order valence-corrected chi connectivity index (χ0v) is 9.17. The van der Waals surface area contributed by atoms with Gasteiger partial charge in [-0.15, -0.1) is 0 Å². The summed E-state index contributed by atoms with van der Waals surface area (Å²) in [5.41, 5.74) is -0.623. The van der Waals surface area contributed by atoms with Gasteiger partial charge < -0.3 is 5.11 Å². The molecule has 0 aromatic heterocycles. The molecule has 14 heavy (non-hydrogen) atoms. The number of hydrogen-bond acceptors (Lipinski definition) is 3. The van der Waals surface area contributed by atoms with Crippen molar-refractivity contribution in [2.75, 3.05) is 45.9 Å². The van der Waals surface area contributed by atoms with E-state index >= 15 is 0 Å². The van der Waals surface area contributed by atoms with E-state index in [9.17, 15) is 9.50 Å². The summed E-state index contributed by atoms with van der Waals surface area (Å²) in [5, 5.41) is 9.62. The molecule has 0 amide bonds. The van der Waals surface area contributed by atoms with Crippen LogP contribution in [-0.2, 0) is 0 Å². The molecular weight excluding hydrogens is 183 g/mol. The number of rotatable bonds is 4. The maximum absolute atomic E-state index is 12.1. The minimum absolute atomic E-state index is 0.258. The Labute approximate surface area is 85.5 Å². The van der Waals surface area contributed by atoms with E-state index in [2.05, 4.69) is 9.80 Å². The number of hydrogen-bond donors (Lipinski definition) is 1. The zero-order chi connectivity index (χ0) is 10.6. The predicted octanol–water partition coefficient (Wildman–Crippen LogP) is 0.344.